The topological polar surface area (TPSA) is 6.48 Å². The number of hydrogen-bond acceptors (Lipinski definition) is 2. The van der Waals surface area contributed by atoms with Gasteiger partial charge in [0.2, 0.25) is 0 Å². The smallest absolute Gasteiger partial charge is 0.458 e. The van der Waals surface area contributed by atoms with Crippen molar-refractivity contribution in [2.45, 2.75) is 19.4 Å². The van der Waals surface area contributed by atoms with Crippen LogP contribution in [0.5, 0.6) is 0 Å². The Balaban J connectivity index is 0.000000451. The molecule has 2 nitrogen and oxygen atoms in total. The molecule has 76 valence electrons. The summed E-state index contributed by atoms with van der Waals surface area (Å²) in [6.45, 7) is 8.69. The molecule has 2 saturated heterocycles. The molecule has 0 saturated carbocycles. The van der Waals surface area contributed by atoms with E-state index in [0.29, 0.717) is 0 Å². The summed E-state index contributed by atoms with van der Waals surface area (Å²) in [5.41, 5.74) is 0. The molecule has 0 aliphatic carbocycles. The molecule has 2 aliphatic rings. The van der Waals surface area contributed by atoms with E-state index in [2.05, 4.69) is 30.8 Å². The van der Waals surface area contributed by atoms with E-state index in [9.17, 15) is 0 Å². The van der Waals surface area contributed by atoms with Gasteiger partial charge in [-0.3, -0.25) is 7.05 Å². The third kappa shape index (κ3) is 3.04. The van der Waals surface area contributed by atoms with Gasteiger partial charge in [-0.1, -0.05) is 0 Å². The maximum atomic E-state index is 3.96. The molecule has 0 spiro atoms. The van der Waals surface area contributed by atoms with Crippen LogP contribution in [0.3, 0.4) is 0 Å². The summed E-state index contributed by atoms with van der Waals surface area (Å²) < 4.78 is 0. The maximum absolute atomic E-state index is 3.96. The van der Waals surface area contributed by atoms with Crippen molar-refractivity contribution in [3.05, 3.63) is 14.0 Å². The van der Waals surface area contributed by atoms with Gasteiger partial charge in [0.15, 0.2) is 0 Å². The van der Waals surface area contributed by atoms with Crippen molar-refractivity contribution in [2.24, 2.45) is 5.92 Å². The van der Waals surface area contributed by atoms with Crippen molar-refractivity contribution < 1.29 is 21.1 Å². The molecular weight excluding hydrogens is 332 g/mol. The van der Waals surface area contributed by atoms with Gasteiger partial charge in [-0.05, 0) is 39.0 Å². The first-order chi connectivity index (χ1) is 5.77. The number of rotatable bonds is 0. The Hall–Kier alpha value is 0.608. The first kappa shape index (κ1) is 13.6. The van der Waals surface area contributed by atoms with Crippen LogP contribution in [0.2, 0.25) is 0 Å². The fourth-order valence-corrected chi connectivity index (χ4v) is 2.26. The predicted octanol–water partition coefficient (Wildman–Crippen LogP) is 1.25. The van der Waals surface area contributed by atoms with Crippen LogP contribution in [-0.4, -0.2) is 42.5 Å². The van der Waals surface area contributed by atoms with Crippen LogP contribution in [0.1, 0.15) is 13.3 Å². The van der Waals surface area contributed by atoms with Gasteiger partial charge in [0, 0.05) is 6.04 Å². The maximum Gasteiger partial charge on any atom is 2.00 e. The Kier molecular flexibility index (Phi) is 6.45. The molecule has 3 heteroatoms. The number of likely N-dealkylation sites (tertiary alicyclic amines) is 2. The first-order valence-corrected chi connectivity index (χ1v) is 4.74. The zero-order valence-electron chi connectivity index (χ0n) is 8.70. The molecule has 0 unspecified atom stereocenters. The van der Waals surface area contributed by atoms with Crippen molar-refractivity contribution in [3.63, 3.8) is 0 Å². The van der Waals surface area contributed by atoms with E-state index in [1.165, 1.54) is 26.1 Å². The van der Waals surface area contributed by atoms with Crippen molar-refractivity contribution in [1.82, 2.24) is 9.80 Å². The molecule has 2 heterocycles. The van der Waals surface area contributed by atoms with Crippen LogP contribution in [0.4, 0.5) is 0 Å². The summed E-state index contributed by atoms with van der Waals surface area (Å²) in [5.74, 6) is 0.919. The molecule has 0 N–H and O–H groups in total. The van der Waals surface area contributed by atoms with E-state index in [0.717, 1.165) is 12.0 Å². The van der Waals surface area contributed by atoms with Gasteiger partial charge in [0.1, 0.15) is 0 Å². The Morgan fingerprint density at radius 2 is 1.85 bits per heavy atom. The van der Waals surface area contributed by atoms with Crippen molar-refractivity contribution in [2.75, 3.05) is 26.7 Å². The Bertz CT molecular complexity index is 141. The minimum absolute atomic E-state index is 0. The number of nitrogens with zero attached hydrogens (tertiary/aromatic N) is 2. The number of hydrogen-bond donors (Lipinski definition) is 0. The second kappa shape index (κ2) is 6.16. The molecule has 0 aromatic carbocycles. The van der Waals surface area contributed by atoms with Crippen LogP contribution < -0.4 is 0 Å². The van der Waals surface area contributed by atoms with Crippen LogP contribution in [0.15, 0.2) is 0 Å². The fraction of sp³-hybridized carbons (Fsp3) is 0.800. The summed E-state index contributed by atoms with van der Waals surface area (Å²) in [6.07, 6.45) is 1.38. The van der Waals surface area contributed by atoms with Gasteiger partial charge < -0.3 is 16.7 Å². The van der Waals surface area contributed by atoms with Crippen LogP contribution >= 0.6 is 0 Å². The van der Waals surface area contributed by atoms with Gasteiger partial charge in [0.25, 0.3) is 0 Å². The molecule has 2 rings (SSSR count). The van der Waals surface area contributed by atoms with E-state index in [1.807, 2.05) is 0 Å². The Labute approximate surface area is 96.9 Å². The van der Waals surface area contributed by atoms with Crippen molar-refractivity contribution in [1.29, 1.82) is 0 Å². The molecule has 2 atom stereocenters. The third-order valence-corrected chi connectivity index (χ3v) is 2.90. The first-order valence-electron chi connectivity index (χ1n) is 4.74. The second-order valence-electron chi connectivity index (χ2n) is 3.63. The molecular formula is C10H20N2W. The normalized spacial score (nSPS) is 33.2. The van der Waals surface area contributed by atoms with Gasteiger partial charge in [-0.15, -0.1) is 0 Å². The van der Waals surface area contributed by atoms with E-state index < -0.39 is 0 Å². The van der Waals surface area contributed by atoms with Crippen LogP contribution in [0.25, 0.3) is 0 Å². The largest absolute Gasteiger partial charge is 2.00 e. The summed E-state index contributed by atoms with van der Waals surface area (Å²) in [7, 11) is 6.19. The van der Waals surface area contributed by atoms with E-state index in [-0.39, 0.29) is 21.1 Å². The zero-order valence-corrected chi connectivity index (χ0v) is 11.6. The fourth-order valence-electron chi connectivity index (χ4n) is 2.26. The monoisotopic (exact) mass is 352 g/mol. The molecule has 0 aromatic rings. The summed E-state index contributed by atoms with van der Waals surface area (Å²) in [6, 6.07) is 0.817. The van der Waals surface area contributed by atoms with Gasteiger partial charge in [-0.2, -0.15) is 6.92 Å². The van der Waals surface area contributed by atoms with Gasteiger partial charge >= 0.3 is 21.1 Å². The Morgan fingerprint density at radius 3 is 2.38 bits per heavy atom. The van der Waals surface area contributed by atoms with Gasteiger partial charge in [-0.25, -0.2) is 0 Å². The van der Waals surface area contributed by atoms with Gasteiger partial charge in [0.05, 0.1) is 0 Å². The van der Waals surface area contributed by atoms with E-state index >= 15 is 0 Å². The van der Waals surface area contributed by atoms with E-state index in [4.69, 9.17) is 0 Å². The average molecular weight is 352 g/mol. The third-order valence-electron chi connectivity index (χ3n) is 2.90. The SMILES string of the molecule is [CH2-]C.[CH2-]N1C[C@@H]2CCN(C)[C@@H]2C1.[W+2]. The summed E-state index contributed by atoms with van der Waals surface area (Å²) in [5, 5.41) is 0. The predicted molar refractivity (Wildman–Crippen MR) is 52.5 cm³/mol. The minimum atomic E-state index is 0. The zero-order chi connectivity index (χ0) is 9.14. The molecule has 2 fully saturated rings. The van der Waals surface area contributed by atoms with E-state index in [1.54, 1.807) is 6.92 Å². The molecule has 0 bridgehead atoms. The average Bonchev–Trinajstić information content (AvgIpc) is 2.58. The molecule has 0 aromatic heterocycles. The molecule has 2 aliphatic heterocycles. The van der Waals surface area contributed by atoms with Crippen LogP contribution in [-0.2, 0) is 21.1 Å². The number of fused-ring (bicyclic) bond motifs is 1. The van der Waals surface area contributed by atoms with Crippen molar-refractivity contribution >= 4 is 0 Å². The second-order valence-corrected chi connectivity index (χ2v) is 3.63. The minimum Gasteiger partial charge on any atom is -0.458 e. The number of likely N-dealkylation sites (N-methyl/N-ethyl adjacent to an activating group) is 1. The Morgan fingerprint density at radius 1 is 1.23 bits per heavy atom. The molecule has 0 radical (unpaired) electrons. The molecule has 13 heavy (non-hydrogen) atoms. The summed E-state index contributed by atoms with van der Waals surface area (Å²) >= 11 is 0. The van der Waals surface area contributed by atoms with Crippen molar-refractivity contribution in [3.8, 4) is 0 Å². The molecule has 0 amide bonds. The summed E-state index contributed by atoms with van der Waals surface area (Å²) in [4.78, 5) is 4.67. The standard InChI is InChI=1S/C8H15N2.C2H5.W/c1-9-5-7-3-4-10(2)8(7)6-9;1-2;/h7-8H,1,3-6H2,2H3;1H2,2H3;/q2*-1;+2/t7-,8+;;/m0../s1. The van der Waals surface area contributed by atoms with Crippen LogP contribution in [0, 0.1) is 19.9 Å². The quantitative estimate of drug-likeness (QED) is 0.606.